The molecule has 0 unspecified atom stereocenters. The van der Waals surface area contributed by atoms with Gasteiger partial charge in [0.1, 0.15) is 12.4 Å². The van der Waals surface area contributed by atoms with Gasteiger partial charge >= 0.3 is 0 Å². The lowest BCUT2D eigenvalue weighted by atomic mass is 10.0. The zero-order valence-corrected chi connectivity index (χ0v) is 10.9. The molecule has 2 heterocycles. The third-order valence-corrected chi connectivity index (χ3v) is 4.16. The maximum absolute atomic E-state index is 6.27. The molecule has 0 atom stereocenters. The van der Waals surface area contributed by atoms with Crippen molar-refractivity contribution >= 4 is 0 Å². The van der Waals surface area contributed by atoms with E-state index in [2.05, 4.69) is 14.8 Å². The van der Waals surface area contributed by atoms with Crippen LogP contribution in [0.1, 0.15) is 50.2 Å². The Morgan fingerprint density at radius 3 is 2.83 bits per heavy atom. The molecule has 3 rings (SSSR count). The first-order chi connectivity index (χ1) is 8.77. The second-order valence-corrected chi connectivity index (χ2v) is 5.70. The molecule has 2 N–H and O–H groups in total. The Labute approximate surface area is 108 Å². The molecule has 1 fully saturated rings. The summed E-state index contributed by atoms with van der Waals surface area (Å²) < 4.78 is 7.99. The van der Waals surface area contributed by atoms with Gasteiger partial charge in [-0.25, -0.2) is 0 Å². The van der Waals surface area contributed by atoms with Crippen molar-refractivity contribution in [1.29, 1.82) is 0 Å². The zero-order chi connectivity index (χ0) is 12.4. The highest BCUT2D eigenvalue weighted by molar-refractivity contribution is 4.98. The maximum Gasteiger partial charge on any atom is 0.159 e. The number of nitrogens with two attached hydrogens (primary N) is 1. The molecule has 5 heteroatoms. The van der Waals surface area contributed by atoms with Crippen molar-refractivity contribution in [3.05, 3.63) is 11.6 Å². The number of aryl methyl sites for hydroxylation is 1. The highest BCUT2D eigenvalue weighted by Crippen LogP contribution is 2.27. The van der Waals surface area contributed by atoms with Gasteiger partial charge < -0.3 is 15.0 Å². The summed E-state index contributed by atoms with van der Waals surface area (Å²) in [7, 11) is 0. The Bertz CT molecular complexity index is 409. The number of ether oxygens (including phenoxy) is 1. The number of hydrogen-bond donors (Lipinski definition) is 1. The monoisotopic (exact) mass is 250 g/mol. The standard InChI is InChI=1S/C13H22N4O/c14-13(6-2-3-7-13)10-18-9-12-16-15-11-5-1-4-8-17(11)12/h1-10,14H2. The zero-order valence-electron chi connectivity index (χ0n) is 10.9. The number of aromatic nitrogens is 3. The molecule has 1 saturated carbocycles. The summed E-state index contributed by atoms with van der Waals surface area (Å²) in [4.78, 5) is 0. The van der Waals surface area contributed by atoms with E-state index in [1.54, 1.807) is 0 Å². The van der Waals surface area contributed by atoms with Crippen LogP contribution >= 0.6 is 0 Å². The second-order valence-electron chi connectivity index (χ2n) is 5.70. The van der Waals surface area contributed by atoms with E-state index in [1.807, 2.05) is 0 Å². The van der Waals surface area contributed by atoms with E-state index in [0.717, 1.165) is 37.5 Å². The molecule has 1 aromatic heterocycles. The van der Waals surface area contributed by atoms with Gasteiger partial charge in [-0.15, -0.1) is 10.2 Å². The van der Waals surface area contributed by atoms with Gasteiger partial charge in [-0.1, -0.05) is 12.8 Å². The third-order valence-electron chi connectivity index (χ3n) is 4.16. The van der Waals surface area contributed by atoms with Crippen LogP contribution in [0.5, 0.6) is 0 Å². The van der Waals surface area contributed by atoms with Crippen molar-refractivity contribution < 1.29 is 4.74 Å². The fraction of sp³-hybridized carbons (Fsp3) is 0.846. The van der Waals surface area contributed by atoms with Crippen molar-refractivity contribution in [2.24, 2.45) is 5.73 Å². The average molecular weight is 250 g/mol. The number of fused-ring (bicyclic) bond motifs is 1. The fourth-order valence-corrected chi connectivity index (χ4v) is 3.04. The normalized spacial score (nSPS) is 22.1. The van der Waals surface area contributed by atoms with Crippen molar-refractivity contribution in [2.45, 2.75) is 63.6 Å². The minimum Gasteiger partial charge on any atom is -0.372 e. The minimum atomic E-state index is -0.0925. The van der Waals surface area contributed by atoms with Crippen LogP contribution in [0.2, 0.25) is 0 Å². The van der Waals surface area contributed by atoms with Gasteiger partial charge in [-0.3, -0.25) is 0 Å². The highest BCUT2D eigenvalue weighted by atomic mass is 16.5. The van der Waals surface area contributed by atoms with E-state index in [4.69, 9.17) is 10.5 Å². The lowest BCUT2D eigenvalue weighted by molar-refractivity contribution is 0.0688. The summed E-state index contributed by atoms with van der Waals surface area (Å²) in [6, 6.07) is 0. The maximum atomic E-state index is 6.27. The number of hydrogen-bond acceptors (Lipinski definition) is 4. The van der Waals surface area contributed by atoms with Crippen molar-refractivity contribution in [3.63, 3.8) is 0 Å². The van der Waals surface area contributed by atoms with E-state index in [9.17, 15) is 0 Å². The first-order valence-electron chi connectivity index (χ1n) is 7.04. The van der Waals surface area contributed by atoms with Gasteiger partial charge in [0.25, 0.3) is 0 Å². The van der Waals surface area contributed by atoms with Gasteiger partial charge in [0.05, 0.1) is 6.61 Å². The lowest BCUT2D eigenvalue weighted by Crippen LogP contribution is -2.41. The van der Waals surface area contributed by atoms with Gasteiger partial charge in [-0.2, -0.15) is 0 Å². The van der Waals surface area contributed by atoms with Crippen molar-refractivity contribution in [2.75, 3.05) is 6.61 Å². The van der Waals surface area contributed by atoms with E-state index in [0.29, 0.717) is 13.2 Å². The van der Waals surface area contributed by atoms with Gasteiger partial charge in [-0.05, 0) is 25.7 Å². The lowest BCUT2D eigenvalue weighted by Gasteiger charge is -2.23. The summed E-state index contributed by atoms with van der Waals surface area (Å²) >= 11 is 0. The molecular weight excluding hydrogens is 228 g/mol. The predicted octanol–water partition coefficient (Wildman–Crippen LogP) is 1.40. The molecule has 100 valence electrons. The van der Waals surface area contributed by atoms with Gasteiger partial charge in [0, 0.05) is 18.5 Å². The summed E-state index contributed by atoms with van der Waals surface area (Å²) in [5.41, 5.74) is 6.18. The third kappa shape index (κ3) is 2.42. The molecule has 0 radical (unpaired) electrons. The van der Waals surface area contributed by atoms with Crippen LogP contribution in [0.25, 0.3) is 0 Å². The van der Waals surface area contributed by atoms with E-state index >= 15 is 0 Å². The summed E-state index contributed by atoms with van der Waals surface area (Å²) in [5.74, 6) is 2.08. The minimum absolute atomic E-state index is 0.0925. The summed E-state index contributed by atoms with van der Waals surface area (Å²) in [5, 5.41) is 8.46. The SMILES string of the molecule is NC1(COCc2nnc3n2CCCC3)CCCC1. The molecule has 2 aliphatic rings. The Kier molecular flexibility index (Phi) is 3.35. The Morgan fingerprint density at radius 2 is 2.00 bits per heavy atom. The van der Waals surface area contributed by atoms with E-state index in [-0.39, 0.29) is 5.54 Å². The second kappa shape index (κ2) is 4.97. The molecule has 0 saturated heterocycles. The predicted molar refractivity (Wildman–Crippen MR) is 68.0 cm³/mol. The smallest absolute Gasteiger partial charge is 0.159 e. The molecule has 0 amide bonds. The van der Waals surface area contributed by atoms with Gasteiger partial charge in [0.2, 0.25) is 0 Å². The fourth-order valence-electron chi connectivity index (χ4n) is 3.04. The van der Waals surface area contributed by atoms with Crippen LogP contribution < -0.4 is 5.73 Å². The largest absolute Gasteiger partial charge is 0.372 e. The Morgan fingerprint density at radius 1 is 1.17 bits per heavy atom. The van der Waals surface area contributed by atoms with Crippen LogP contribution in [0.4, 0.5) is 0 Å². The average Bonchev–Trinajstić information content (AvgIpc) is 2.97. The van der Waals surface area contributed by atoms with Crippen molar-refractivity contribution in [1.82, 2.24) is 14.8 Å². The van der Waals surface area contributed by atoms with Crippen LogP contribution in [0.15, 0.2) is 0 Å². The van der Waals surface area contributed by atoms with Crippen LogP contribution in [0.3, 0.4) is 0 Å². The number of rotatable bonds is 4. The van der Waals surface area contributed by atoms with Gasteiger partial charge in [0.15, 0.2) is 5.82 Å². The first kappa shape index (κ1) is 12.1. The van der Waals surface area contributed by atoms with E-state index in [1.165, 1.54) is 25.7 Å². The molecule has 1 aliphatic heterocycles. The molecule has 0 aromatic carbocycles. The topological polar surface area (TPSA) is 66.0 Å². The molecule has 1 aliphatic carbocycles. The number of nitrogens with zero attached hydrogens (tertiary/aromatic N) is 3. The highest BCUT2D eigenvalue weighted by Gasteiger charge is 2.29. The first-order valence-corrected chi connectivity index (χ1v) is 7.04. The molecule has 0 spiro atoms. The van der Waals surface area contributed by atoms with Crippen molar-refractivity contribution in [3.8, 4) is 0 Å². The molecule has 5 nitrogen and oxygen atoms in total. The van der Waals surface area contributed by atoms with Crippen LogP contribution in [-0.4, -0.2) is 26.9 Å². The Hall–Kier alpha value is -0.940. The molecule has 0 bridgehead atoms. The molecule has 18 heavy (non-hydrogen) atoms. The molecular formula is C13H22N4O. The van der Waals surface area contributed by atoms with E-state index < -0.39 is 0 Å². The molecule has 1 aromatic rings. The van der Waals surface area contributed by atoms with Crippen LogP contribution in [-0.2, 0) is 24.3 Å². The Balaban J connectivity index is 1.55. The quantitative estimate of drug-likeness (QED) is 0.877. The summed E-state index contributed by atoms with van der Waals surface area (Å²) in [6.45, 7) is 2.23. The summed E-state index contributed by atoms with van der Waals surface area (Å²) in [6.07, 6.45) is 8.15. The van der Waals surface area contributed by atoms with Crippen LogP contribution in [0, 0.1) is 0 Å².